The minimum Gasteiger partial charge on any atom is -0.490 e. The molecule has 2 aromatic carbocycles. The van der Waals surface area contributed by atoms with Crippen LogP contribution in [0.25, 0.3) is 21.3 Å². The summed E-state index contributed by atoms with van der Waals surface area (Å²) < 4.78 is 44.8. The third kappa shape index (κ3) is 12.6. The number of aromatic nitrogens is 3. The van der Waals surface area contributed by atoms with Crippen LogP contribution in [0.15, 0.2) is 72.4 Å². The maximum Gasteiger partial charge on any atom is 0.251 e. The number of unbranched alkanes of at least 4 members (excludes halogenated alkanes) is 2. The quantitative estimate of drug-likeness (QED) is 0.0563. The number of benzene rings is 2. The number of rotatable bonds is 21. The number of nitrogens with one attached hydrogen (secondary N) is 3. The second-order valence-corrected chi connectivity index (χ2v) is 19.4. The van der Waals surface area contributed by atoms with Gasteiger partial charge >= 0.3 is 0 Å². The Kier molecular flexibility index (Phi) is 16.8. The Balaban J connectivity index is 0.782. The predicted octanol–water partition coefficient (Wildman–Crippen LogP) is 6.99. The average molecular weight is 944 g/mol. The molecule has 0 aliphatic carbocycles. The number of β-amino-alcohol motifs (C(OH)–C–C–N with tert-alkyl or cyclic N) is 1. The Morgan fingerprint density at radius 3 is 2.43 bits per heavy atom. The minimum absolute atomic E-state index is 0.0111. The minimum atomic E-state index is -2.48. The number of aryl methyl sites for hydroxylation is 1. The number of fused-ring (bicyclic) bond motifs is 3. The molecular weight excluding hydrogens is 881 g/mol. The van der Waals surface area contributed by atoms with E-state index in [0.717, 1.165) is 56.7 Å². The van der Waals surface area contributed by atoms with Gasteiger partial charge < -0.3 is 39.8 Å². The smallest absolute Gasteiger partial charge is 0.251 e. The lowest BCUT2D eigenvalue weighted by atomic mass is 9.85. The number of aromatic amines is 1. The number of hydrogen-bond acceptors (Lipinski definition) is 11. The van der Waals surface area contributed by atoms with E-state index >= 15 is 0 Å². The first-order valence-electron chi connectivity index (χ1n) is 23.1. The number of para-hydroxylation sites is 1. The van der Waals surface area contributed by atoms with E-state index in [9.17, 15) is 28.3 Å². The van der Waals surface area contributed by atoms with E-state index in [1.165, 1.54) is 4.90 Å². The summed E-state index contributed by atoms with van der Waals surface area (Å²) in [6.07, 6.45) is 1.36. The van der Waals surface area contributed by atoms with Gasteiger partial charge in [0.2, 0.25) is 17.7 Å². The van der Waals surface area contributed by atoms with Crippen molar-refractivity contribution in [2.45, 2.75) is 110 Å². The number of pyridine rings is 1. The molecule has 17 heteroatoms. The number of aliphatic hydroxyl groups is 1. The van der Waals surface area contributed by atoms with Crippen molar-refractivity contribution in [2.24, 2.45) is 5.41 Å². The van der Waals surface area contributed by atoms with E-state index in [1.807, 2.05) is 99.6 Å². The van der Waals surface area contributed by atoms with Crippen LogP contribution in [0.1, 0.15) is 87.6 Å². The van der Waals surface area contributed by atoms with Gasteiger partial charge in [0.1, 0.15) is 31.0 Å². The van der Waals surface area contributed by atoms with Crippen LogP contribution in [0, 0.1) is 12.3 Å². The zero-order valence-electron chi connectivity index (χ0n) is 38.9. The summed E-state index contributed by atoms with van der Waals surface area (Å²) in [4.78, 5) is 57.2. The summed E-state index contributed by atoms with van der Waals surface area (Å²) in [7, 11) is 0. The number of H-pyrrole nitrogens is 1. The molecule has 1 saturated heterocycles. The molecule has 0 bridgehead atoms. The van der Waals surface area contributed by atoms with Crippen molar-refractivity contribution in [2.75, 3.05) is 46.1 Å². The number of ether oxygens (including phenoxy) is 3. The van der Waals surface area contributed by atoms with Gasteiger partial charge in [-0.2, -0.15) is 0 Å². The van der Waals surface area contributed by atoms with Crippen molar-refractivity contribution in [3.05, 3.63) is 101 Å². The Hall–Kier alpha value is -5.33. The molecular formula is C50H63F2N7O7S. The number of likely N-dealkylation sites (tertiary alicyclic amines) is 1. The Morgan fingerprint density at radius 1 is 0.970 bits per heavy atom. The highest BCUT2D eigenvalue weighted by atomic mass is 32.1. The first-order valence-corrected chi connectivity index (χ1v) is 24.0. The normalized spacial score (nSPS) is 19.1. The summed E-state index contributed by atoms with van der Waals surface area (Å²) in [5.74, 6) is -0.684. The molecule has 1 fully saturated rings. The second kappa shape index (κ2) is 22.6. The number of thiazole rings is 1. The number of halogens is 2. The Labute approximate surface area is 394 Å². The molecule has 1 unspecified atom stereocenters. The summed E-state index contributed by atoms with van der Waals surface area (Å²) in [6, 6.07) is 17.2. The largest absolute Gasteiger partial charge is 0.490 e. The molecule has 2 aliphatic heterocycles. The summed E-state index contributed by atoms with van der Waals surface area (Å²) in [6.45, 7) is 10.7. The van der Waals surface area contributed by atoms with Crippen LogP contribution in [0.4, 0.5) is 8.78 Å². The number of carbonyl (C=O) groups excluding carboxylic acids is 3. The zero-order chi connectivity index (χ0) is 47.7. The van der Waals surface area contributed by atoms with Gasteiger partial charge in [-0.15, -0.1) is 11.3 Å². The number of carbonyl (C=O) groups is 3. The number of nitrogens with zero attached hydrogens (tertiary/aromatic N) is 4. The lowest BCUT2D eigenvalue weighted by Gasteiger charge is -2.40. The molecule has 14 nitrogen and oxygen atoms in total. The molecule has 5 heterocycles. The zero-order valence-corrected chi connectivity index (χ0v) is 39.8. The molecule has 5 atom stereocenters. The maximum absolute atomic E-state index is 14.0. The molecule has 67 heavy (non-hydrogen) atoms. The third-order valence-electron chi connectivity index (χ3n) is 12.4. The Bertz CT molecular complexity index is 2420. The van der Waals surface area contributed by atoms with E-state index < -0.39 is 47.9 Å². The maximum atomic E-state index is 14.0. The molecule has 360 valence electrons. The number of hydrogen-bond donors (Lipinski definition) is 4. The van der Waals surface area contributed by atoms with Gasteiger partial charge in [-0.25, -0.2) is 13.8 Å². The van der Waals surface area contributed by atoms with Crippen LogP contribution in [0.3, 0.4) is 0 Å². The molecule has 0 radical (unpaired) electrons. The number of aliphatic hydroxyl groups excluding tert-OH is 1. The molecule has 0 spiro atoms. The highest BCUT2D eigenvalue weighted by molar-refractivity contribution is 7.13. The molecule has 4 N–H and O–H groups in total. The molecule has 7 rings (SSSR count). The SMILES string of the molecule is Cc1ncsc1-c1ccc(CNC(=O)[C@@H]2C[C@@H](O)CN2C(=O)C(NC(=O)COCCCCCOCCOc2ccc([C@@H]3c4[nH]c5ccccc5c4C[C@@H](C)N3CC(F)F)nc2)C(C)(C)C)cc1. The number of alkyl halides is 2. The average Bonchev–Trinajstić information content (AvgIpc) is 4.02. The van der Waals surface area contributed by atoms with Gasteiger partial charge in [-0.05, 0) is 79.8 Å². The van der Waals surface area contributed by atoms with Gasteiger partial charge in [-0.1, -0.05) is 63.2 Å². The van der Waals surface area contributed by atoms with Gasteiger partial charge in [-0.3, -0.25) is 24.3 Å². The lowest BCUT2D eigenvalue weighted by Crippen LogP contribution is -2.58. The van der Waals surface area contributed by atoms with Crippen LogP contribution in [-0.4, -0.2) is 124 Å². The predicted molar refractivity (Wildman–Crippen MR) is 253 cm³/mol. The fraction of sp³-hybridized carbons (Fsp3) is 0.500. The lowest BCUT2D eigenvalue weighted by molar-refractivity contribution is -0.144. The van der Waals surface area contributed by atoms with E-state index in [1.54, 1.807) is 17.5 Å². The summed E-state index contributed by atoms with van der Waals surface area (Å²) in [5, 5.41) is 17.4. The van der Waals surface area contributed by atoms with Gasteiger partial charge in [0.25, 0.3) is 6.43 Å². The van der Waals surface area contributed by atoms with E-state index in [2.05, 4.69) is 31.7 Å². The summed E-state index contributed by atoms with van der Waals surface area (Å²) >= 11 is 1.57. The highest BCUT2D eigenvalue weighted by Crippen LogP contribution is 2.41. The van der Waals surface area contributed by atoms with Crippen molar-refractivity contribution in [1.82, 2.24) is 35.4 Å². The van der Waals surface area contributed by atoms with Crippen molar-refractivity contribution in [1.29, 1.82) is 0 Å². The molecule has 3 amide bonds. The molecule has 0 saturated carbocycles. The Morgan fingerprint density at radius 2 is 1.73 bits per heavy atom. The topological polar surface area (TPSA) is 171 Å². The van der Waals surface area contributed by atoms with Crippen LogP contribution < -0.4 is 15.4 Å². The van der Waals surface area contributed by atoms with Crippen molar-refractivity contribution >= 4 is 40.0 Å². The van der Waals surface area contributed by atoms with Crippen LogP contribution in [0.2, 0.25) is 0 Å². The summed E-state index contributed by atoms with van der Waals surface area (Å²) in [5.41, 5.74) is 7.73. The monoisotopic (exact) mass is 943 g/mol. The third-order valence-corrected chi connectivity index (χ3v) is 13.4. The van der Waals surface area contributed by atoms with Crippen LogP contribution in [-0.2, 0) is 36.8 Å². The molecule has 3 aromatic heterocycles. The number of amides is 3. The molecule has 2 aliphatic rings. The van der Waals surface area contributed by atoms with Crippen molar-refractivity contribution in [3.63, 3.8) is 0 Å². The van der Waals surface area contributed by atoms with Gasteiger partial charge in [0, 0.05) is 55.4 Å². The highest BCUT2D eigenvalue weighted by Gasteiger charge is 2.44. The van der Waals surface area contributed by atoms with Crippen LogP contribution in [0.5, 0.6) is 5.75 Å². The van der Waals surface area contributed by atoms with Gasteiger partial charge in [0.05, 0.1) is 53.3 Å². The second-order valence-electron chi connectivity index (χ2n) is 18.5. The first-order chi connectivity index (χ1) is 32.2. The van der Waals surface area contributed by atoms with Gasteiger partial charge in [0.15, 0.2) is 0 Å². The standard InChI is InChI=1S/C50H63F2N7O7S/c1-31-23-38-37-11-7-8-12-39(37)56-44(38)45(58(31)28-42(51)52)40-18-17-36(26-53-40)66-22-21-64-19-9-6-10-20-65-29-43(61)57-47(50(3,4)5)49(63)59-27-35(60)24-41(59)48(62)54-25-33-13-15-34(16-14-33)46-32(2)55-30-67-46/h7-8,11-18,26,30-31,35,41-42,45,47,56,60H,6,9-10,19-25,27-29H2,1-5H3,(H,54,62)(H,57,61)/t31-,35-,41+,45-,47?/m1/s1. The fourth-order valence-electron chi connectivity index (χ4n) is 8.96. The molecule has 5 aromatic rings. The van der Waals surface area contributed by atoms with E-state index in [-0.39, 0.29) is 44.6 Å². The van der Waals surface area contributed by atoms with Crippen LogP contribution >= 0.6 is 11.3 Å². The first kappa shape index (κ1) is 49.6. The van der Waals surface area contributed by atoms with E-state index in [4.69, 9.17) is 14.2 Å². The van der Waals surface area contributed by atoms with Crippen molar-refractivity contribution in [3.8, 4) is 16.2 Å². The fourth-order valence-corrected chi connectivity index (χ4v) is 9.77. The van der Waals surface area contributed by atoms with Crippen molar-refractivity contribution < 1.29 is 42.5 Å². The van der Waals surface area contributed by atoms with E-state index in [0.29, 0.717) is 50.7 Å².